The summed E-state index contributed by atoms with van der Waals surface area (Å²) < 4.78 is 0. The monoisotopic (exact) mass is 258 g/mol. The van der Waals surface area contributed by atoms with Crippen LogP contribution in [0.1, 0.15) is 41.5 Å². The van der Waals surface area contributed by atoms with Gasteiger partial charge in [-0.25, -0.2) is 0 Å². The van der Waals surface area contributed by atoms with Gasteiger partial charge >= 0.3 is 6.98 Å². The van der Waals surface area contributed by atoms with Crippen molar-refractivity contribution < 1.29 is 0 Å². The molecule has 1 aromatic carbocycles. The molecule has 0 N–H and O–H groups in total. The summed E-state index contributed by atoms with van der Waals surface area (Å²) in [6, 6.07) is 10.9. The second-order valence-electron chi connectivity index (χ2n) is 7.51. The second-order valence-corrected chi connectivity index (χ2v) is 7.51. The summed E-state index contributed by atoms with van der Waals surface area (Å²) in [6.45, 7) is 16.6. The van der Waals surface area contributed by atoms with E-state index in [-0.39, 0.29) is 11.1 Å². The molecule has 0 aliphatic carbocycles. The highest BCUT2D eigenvalue weighted by Crippen LogP contribution is 2.27. The average Bonchev–Trinajstić information content (AvgIpc) is 2.73. The summed E-state index contributed by atoms with van der Waals surface area (Å²) in [7, 11) is 0. The first-order valence-electron chi connectivity index (χ1n) is 7.30. The van der Waals surface area contributed by atoms with E-state index in [4.69, 9.17) is 0 Å². The standard InChI is InChI=1S/C16H27BN2/c1-15(2,3)18-12-13-19(16(4,5)6)17(18)14-10-8-7-9-11-14/h7-11H,12-13H2,1-6H3. The average molecular weight is 258 g/mol. The normalized spacial score (nSPS) is 19.2. The predicted molar refractivity (Wildman–Crippen MR) is 84.7 cm³/mol. The van der Waals surface area contributed by atoms with Gasteiger partial charge in [0.25, 0.3) is 0 Å². The molecule has 0 spiro atoms. The van der Waals surface area contributed by atoms with Gasteiger partial charge in [-0.15, -0.1) is 0 Å². The molecule has 3 heteroatoms. The van der Waals surface area contributed by atoms with Crippen LogP contribution in [0.5, 0.6) is 0 Å². The Morgan fingerprint density at radius 2 is 1.21 bits per heavy atom. The minimum Gasteiger partial charge on any atom is -0.318 e. The van der Waals surface area contributed by atoms with Crippen molar-refractivity contribution in [3.63, 3.8) is 0 Å². The first-order valence-corrected chi connectivity index (χ1v) is 7.30. The fourth-order valence-corrected chi connectivity index (χ4v) is 3.02. The second kappa shape index (κ2) is 4.95. The van der Waals surface area contributed by atoms with Gasteiger partial charge in [-0.3, -0.25) is 0 Å². The topological polar surface area (TPSA) is 6.48 Å². The molecule has 0 amide bonds. The molecule has 2 rings (SSSR count). The number of rotatable bonds is 1. The zero-order valence-electron chi connectivity index (χ0n) is 13.3. The van der Waals surface area contributed by atoms with Gasteiger partial charge < -0.3 is 9.62 Å². The van der Waals surface area contributed by atoms with Gasteiger partial charge in [0.15, 0.2) is 0 Å². The highest BCUT2D eigenvalue weighted by Gasteiger charge is 2.46. The first kappa shape index (κ1) is 14.6. The van der Waals surface area contributed by atoms with Crippen LogP contribution in [0.3, 0.4) is 0 Å². The van der Waals surface area contributed by atoms with Gasteiger partial charge in [-0.2, -0.15) is 0 Å². The highest BCUT2D eigenvalue weighted by atomic mass is 15.3. The van der Waals surface area contributed by atoms with E-state index < -0.39 is 0 Å². The molecule has 104 valence electrons. The quantitative estimate of drug-likeness (QED) is 0.714. The summed E-state index contributed by atoms with van der Waals surface area (Å²) in [4.78, 5) is 5.24. The van der Waals surface area contributed by atoms with Crippen LogP contribution in [0.15, 0.2) is 30.3 Å². The van der Waals surface area contributed by atoms with Crippen molar-refractivity contribution >= 4 is 12.4 Å². The van der Waals surface area contributed by atoms with E-state index in [9.17, 15) is 0 Å². The zero-order valence-corrected chi connectivity index (χ0v) is 13.3. The van der Waals surface area contributed by atoms with E-state index in [1.54, 1.807) is 0 Å². The SMILES string of the molecule is CC(C)(C)N1CCN(C(C)(C)C)B1c1ccccc1. The van der Waals surface area contributed by atoms with Gasteiger partial charge in [-0.05, 0) is 47.0 Å². The van der Waals surface area contributed by atoms with Gasteiger partial charge in [0.1, 0.15) is 0 Å². The van der Waals surface area contributed by atoms with Gasteiger partial charge in [0.05, 0.1) is 0 Å². The Morgan fingerprint density at radius 3 is 1.58 bits per heavy atom. The summed E-state index contributed by atoms with van der Waals surface area (Å²) in [5, 5.41) is 0. The summed E-state index contributed by atoms with van der Waals surface area (Å²) >= 11 is 0. The maximum Gasteiger partial charge on any atom is 0.347 e. The number of nitrogens with zero attached hydrogens (tertiary/aromatic N) is 2. The number of benzene rings is 1. The largest absolute Gasteiger partial charge is 0.347 e. The third-order valence-corrected chi connectivity index (χ3v) is 3.99. The van der Waals surface area contributed by atoms with Gasteiger partial charge in [-0.1, -0.05) is 30.3 Å². The Labute approximate surface area is 118 Å². The molecule has 0 bridgehead atoms. The lowest BCUT2D eigenvalue weighted by molar-refractivity contribution is 0.271. The van der Waals surface area contributed by atoms with Crippen molar-refractivity contribution in [3.05, 3.63) is 30.3 Å². The Hall–Kier alpha value is -0.795. The first-order chi connectivity index (χ1) is 8.71. The summed E-state index contributed by atoms with van der Waals surface area (Å²) in [5.74, 6) is 0. The lowest BCUT2D eigenvalue weighted by Crippen LogP contribution is -2.62. The molecule has 1 saturated heterocycles. The third kappa shape index (κ3) is 3.03. The molecule has 1 fully saturated rings. The summed E-state index contributed by atoms with van der Waals surface area (Å²) in [6.07, 6.45) is 0. The summed E-state index contributed by atoms with van der Waals surface area (Å²) in [5.41, 5.74) is 1.80. The molecule has 19 heavy (non-hydrogen) atoms. The third-order valence-electron chi connectivity index (χ3n) is 3.99. The van der Waals surface area contributed by atoms with Crippen LogP contribution in [0.25, 0.3) is 0 Å². The lowest BCUT2D eigenvalue weighted by Gasteiger charge is -2.41. The molecule has 0 aromatic heterocycles. The maximum atomic E-state index is 2.62. The van der Waals surface area contributed by atoms with Crippen molar-refractivity contribution in [2.75, 3.05) is 13.1 Å². The van der Waals surface area contributed by atoms with Crippen molar-refractivity contribution in [1.82, 2.24) is 9.62 Å². The van der Waals surface area contributed by atoms with E-state index in [1.165, 1.54) is 5.46 Å². The Bertz CT molecular complexity index is 395. The Balaban J connectivity index is 2.40. The van der Waals surface area contributed by atoms with E-state index in [2.05, 4.69) is 81.5 Å². The van der Waals surface area contributed by atoms with Crippen LogP contribution in [0.2, 0.25) is 0 Å². The molecule has 1 aliphatic heterocycles. The van der Waals surface area contributed by atoms with Crippen molar-refractivity contribution in [2.24, 2.45) is 0 Å². The molecule has 0 unspecified atom stereocenters. The van der Waals surface area contributed by atoms with E-state index in [0.717, 1.165) is 13.1 Å². The van der Waals surface area contributed by atoms with Crippen LogP contribution >= 0.6 is 0 Å². The molecule has 0 atom stereocenters. The lowest BCUT2D eigenvalue weighted by atomic mass is 9.62. The molecular weight excluding hydrogens is 231 g/mol. The minimum absolute atomic E-state index is 0.195. The van der Waals surface area contributed by atoms with E-state index >= 15 is 0 Å². The van der Waals surface area contributed by atoms with Gasteiger partial charge in [0.2, 0.25) is 0 Å². The van der Waals surface area contributed by atoms with E-state index in [0.29, 0.717) is 6.98 Å². The fourth-order valence-electron chi connectivity index (χ4n) is 3.02. The van der Waals surface area contributed by atoms with Crippen molar-refractivity contribution in [2.45, 2.75) is 52.6 Å². The number of hydrogen-bond acceptors (Lipinski definition) is 2. The van der Waals surface area contributed by atoms with Crippen molar-refractivity contribution in [3.8, 4) is 0 Å². The minimum atomic E-state index is 0.195. The molecule has 1 heterocycles. The molecule has 0 radical (unpaired) electrons. The van der Waals surface area contributed by atoms with Crippen LogP contribution in [0, 0.1) is 0 Å². The van der Waals surface area contributed by atoms with Crippen LogP contribution in [-0.2, 0) is 0 Å². The molecule has 1 aromatic rings. The van der Waals surface area contributed by atoms with E-state index in [1.807, 2.05) is 0 Å². The zero-order chi connectivity index (χ0) is 14.3. The molecule has 2 nitrogen and oxygen atoms in total. The van der Waals surface area contributed by atoms with Crippen molar-refractivity contribution in [1.29, 1.82) is 0 Å². The molecule has 1 aliphatic rings. The molecule has 0 saturated carbocycles. The van der Waals surface area contributed by atoms with Crippen LogP contribution in [-0.4, -0.2) is 40.8 Å². The van der Waals surface area contributed by atoms with Gasteiger partial charge in [0, 0.05) is 24.2 Å². The Kier molecular flexibility index (Phi) is 3.81. The van der Waals surface area contributed by atoms with Crippen LogP contribution in [0.4, 0.5) is 0 Å². The highest BCUT2D eigenvalue weighted by molar-refractivity contribution is 6.69. The Morgan fingerprint density at radius 1 is 0.789 bits per heavy atom. The van der Waals surface area contributed by atoms with Crippen LogP contribution < -0.4 is 5.46 Å². The maximum absolute atomic E-state index is 2.62. The fraction of sp³-hybridized carbons (Fsp3) is 0.625. The molecular formula is C16H27BN2. The smallest absolute Gasteiger partial charge is 0.318 e. The number of hydrogen-bond donors (Lipinski definition) is 0. The predicted octanol–water partition coefficient (Wildman–Crippen LogP) is 2.60.